The third kappa shape index (κ3) is 2.92. The van der Waals surface area contributed by atoms with Gasteiger partial charge in [0.1, 0.15) is 0 Å². The average Bonchev–Trinajstić information content (AvgIpc) is 2.91. The molecule has 120 valence electrons. The summed E-state index contributed by atoms with van der Waals surface area (Å²) in [5.41, 5.74) is 1.74. The first-order valence-electron chi connectivity index (χ1n) is 7.11. The van der Waals surface area contributed by atoms with Crippen LogP contribution in [0.15, 0.2) is 53.4 Å². The van der Waals surface area contributed by atoms with Crippen molar-refractivity contribution in [3.8, 4) is 0 Å². The zero-order valence-corrected chi connectivity index (χ0v) is 14.1. The molecular weight excluding hydrogens is 334 g/mol. The number of anilines is 1. The van der Waals surface area contributed by atoms with Crippen LogP contribution in [0.4, 0.5) is 5.69 Å². The summed E-state index contributed by atoms with van der Waals surface area (Å²) in [4.78, 5) is 1.85. The number of aryl methyl sites for hydroxylation is 1. The minimum absolute atomic E-state index is 0.0482. The maximum atomic E-state index is 12.7. The molecule has 5 nitrogen and oxygen atoms in total. The van der Waals surface area contributed by atoms with Crippen molar-refractivity contribution in [3.05, 3.63) is 59.1 Å². The summed E-state index contributed by atoms with van der Waals surface area (Å²) >= 11 is 5.87. The fourth-order valence-electron chi connectivity index (χ4n) is 2.48. The average molecular weight is 350 g/mol. The number of benzene rings is 2. The quantitative estimate of drug-likeness (QED) is 0.926. The molecule has 0 bridgehead atoms. The fourth-order valence-corrected chi connectivity index (χ4v) is 3.99. The Labute approximate surface area is 140 Å². The van der Waals surface area contributed by atoms with E-state index in [1.807, 2.05) is 6.92 Å². The summed E-state index contributed by atoms with van der Waals surface area (Å²) < 4.78 is 26.6. The molecule has 1 N–H and O–H groups in total. The first-order valence-corrected chi connectivity index (χ1v) is 8.92. The van der Waals surface area contributed by atoms with E-state index < -0.39 is 10.0 Å². The minimum atomic E-state index is -3.71. The molecule has 0 aromatic heterocycles. The molecule has 1 aliphatic heterocycles. The molecule has 0 amide bonds. The van der Waals surface area contributed by atoms with Gasteiger partial charge in [0, 0.05) is 17.3 Å². The number of nitrogens with zero attached hydrogens (tertiary/aromatic N) is 2. The lowest BCUT2D eigenvalue weighted by Gasteiger charge is -2.21. The smallest absolute Gasteiger partial charge is 0.266 e. The molecule has 0 saturated carbocycles. The molecule has 0 aliphatic carbocycles. The Kier molecular flexibility index (Phi) is 4.04. The van der Waals surface area contributed by atoms with E-state index in [1.165, 1.54) is 0 Å². The lowest BCUT2D eigenvalue weighted by Crippen LogP contribution is -2.36. The number of hydrogen-bond donors (Lipinski definition) is 1. The van der Waals surface area contributed by atoms with Gasteiger partial charge in [-0.15, -0.1) is 0 Å². The molecule has 1 fully saturated rings. The van der Waals surface area contributed by atoms with Gasteiger partial charge in [-0.05, 0) is 43.3 Å². The Balaban J connectivity index is 1.89. The first kappa shape index (κ1) is 15.8. The summed E-state index contributed by atoms with van der Waals surface area (Å²) in [6.07, 6.45) is 0. The normalized spacial score (nSPS) is 15.3. The van der Waals surface area contributed by atoms with E-state index in [1.54, 1.807) is 53.4 Å². The van der Waals surface area contributed by atoms with E-state index >= 15 is 0 Å². The van der Waals surface area contributed by atoms with Crippen molar-refractivity contribution in [1.29, 1.82) is 5.41 Å². The number of guanidine groups is 1. The van der Waals surface area contributed by atoms with Crippen LogP contribution >= 0.6 is 11.6 Å². The van der Waals surface area contributed by atoms with Crippen LogP contribution in [-0.2, 0) is 10.0 Å². The lowest BCUT2D eigenvalue weighted by atomic mass is 10.2. The highest BCUT2D eigenvalue weighted by Gasteiger charge is 2.35. The van der Waals surface area contributed by atoms with Crippen LogP contribution in [0.1, 0.15) is 5.56 Å². The highest BCUT2D eigenvalue weighted by molar-refractivity contribution is 7.89. The summed E-state index contributed by atoms with van der Waals surface area (Å²) in [6, 6.07) is 13.7. The molecule has 1 saturated heterocycles. The van der Waals surface area contributed by atoms with Crippen LogP contribution in [0.25, 0.3) is 0 Å². The second-order valence-electron chi connectivity index (χ2n) is 5.34. The lowest BCUT2D eigenvalue weighted by molar-refractivity contribution is 0.539. The van der Waals surface area contributed by atoms with Crippen LogP contribution in [0, 0.1) is 12.3 Å². The van der Waals surface area contributed by atoms with E-state index in [0.717, 1.165) is 15.6 Å². The van der Waals surface area contributed by atoms with Crippen LogP contribution < -0.4 is 4.90 Å². The van der Waals surface area contributed by atoms with Gasteiger partial charge in [-0.3, -0.25) is 5.41 Å². The fraction of sp³-hybridized carbons (Fsp3) is 0.188. The van der Waals surface area contributed by atoms with E-state index in [4.69, 9.17) is 17.0 Å². The molecule has 2 aromatic carbocycles. The van der Waals surface area contributed by atoms with Gasteiger partial charge in [0.15, 0.2) is 0 Å². The van der Waals surface area contributed by atoms with Gasteiger partial charge in [0.25, 0.3) is 10.0 Å². The predicted octanol–water partition coefficient (Wildman–Crippen LogP) is 3.09. The Morgan fingerprint density at radius 2 is 1.61 bits per heavy atom. The molecule has 1 aliphatic rings. The Morgan fingerprint density at radius 1 is 1.00 bits per heavy atom. The first-order chi connectivity index (χ1) is 10.9. The molecule has 0 unspecified atom stereocenters. The summed E-state index contributed by atoms with van der Waals surface area (Å²) in [5.74, 6) is -0.0482. The zero-order valence-electron chi connectivity index (χ0n) is 12.5. The Bertz CT molecular complexity index is 833. The van der Waals surface area contributed by atoms with Gasteiger partial charge in [0.2, 0.25) is 5.96 Å². The minimum Gasteiger partial charge on any atom is -0.310 e. The standard InChI is InChI=1S/C16H16ClN3O2S/c1-12-2-8-15(9-3-12)23(21,22)20-11-10-19(16(20)18)14-6-4-13(17)5-7-14/h2-9,18H,10-11H2,1H3. The molecule has 0 radical (unpaired) electrons. The van der Waals surface area contributed by atoms with Crippen LogP contribution in [0.2, 0.25) is 5.02 Å². The molecule has 2 aromatic rings. The summed E-state index contributed by atoms with van der Waals surface area (Å²) in [7, 11) is -3.71. The second-order valence-corrected chi connectivity index (χ2v) is 7.64. The molecule has 0 spiro atoms. The van der Waals surface area contributed by atoms with E-state index in [0.29, 0.717) is 11.6 Å². The van der Waals surface area contributed by atoms with Gasteiger partial charge < -0.3 is 4.90 Å². The highest BCUT2D eigenvalue weighted by Crippen LogP contribution is 2.26. The maximum Gasteiger partial charge on any atom is 0.266 e. The molecule has 1 heterocycles. The molecular formula is C16H16ClN3O2S. The summed E-state index contributed by atoms with van der Waals surface area (Å²) in [5, 5.41) is 8.84. The summed E-state index contributed by atoms with van der Waals surface area (Å²) in [6.45, 7) is 2.58. The van der Waals surface area contributed by atoms with E-state index in [-0.39, 0.29) is 17.4 Å². The van der Waals surface area contributed by atoms with Crippen molar-refractivity contribution in [3.63, 3.8) is 0 Å². The maximum absolute atomic E-state index is 12.7. The zero-order chi connectivity index (χ0) is 16.6. The van der Waals surface area contributed by atoms with Crippen molar-refractivity contribution in [1.82, 2.24) is 4.31 Å². The van der Waals surface area contributed by atoms with Gasteiger partial charge in [-0.1, -0.05) is 29.3 Å². The van der Waals surface area contributed by atoms with Crippen LogP contribution in [-0.4, -0.2) is 31.8 Å². The van der Waals surface area contributed by atoms with Crippen LogP contribution in [0.3, 0.4) is 0 Å². The van der Waals surface area contributed by atoms with Crippen molar-refractivity contribution in [2.24, 2.45) is 0 Å². The predicted molar refractivity (Wildman–Crippen MR) is 91.6 cm³/mol. The number of hydrogen-bond acceptors (Lipinski definition) is 3. The van der Waals surface area contributed by atoms with Gasteiger partial charge >= 0.3 is 0 Å². The molecule has 3 rings (SSSR count). The number of nitrogens with one attached hydrogen (secondary N) is 1. The number of halogens is 1. The Morgan fingerprint density at radius 3 is 2.22 bits per heavy atom. The van der Waals surface area contributed by atoms with Crippen molar-refractivity contribution in [2.75, 3.05) is 18.0 Å². The molecule has 23 heavy (non-hydrogen) atoms. The number of sulfonamides is 1. The van der Waals surface area contributed by atoms with Crippen molar-refractivity contribution < 1.29 is 8.42 Å². The SMILES string of the molecule is Cc1ccc(S(=O)(=O)N2CCN(c3ccc(Cl)cc3)C2=N)cc1. The van der Waals surface area contributed by atoms with E-state index in [2.05, 4.69) is 0 Å². The van der Waals surface area contributed by atoms with Crippen molar-refractivity contribution in [2.45, 2.75) is 11.8 Å². The third-order valence-corrected chi connectivity index (χ3v) is 5.82. The van der Waals surface area contributed by atoms with Crippen LogP contribution in [0.5, 0.6) is 0 Å². The van der Waals surface area contributed by atoms with Gasteiger partial charge in [-0.2, -0.15) is 0 Å². The monoisotopic (exact) mass is 349 g/mol. The largest absolute Gasteiger partial charge is 0.310 e. The second kappa shape index (κ2) is 5.86. The number of rotatable bonds is 3. The highest BCUT2D eigenvalue weighted by atomic mass is 35.5. The topological polar surface area (TPSA) is 64.5 Å². The molecule has 0 atom stereocenters. The van der Waals surface area contributed by atoms with Gasteiger partial charge in [-0.25, -0.2) is 12.7 Å². The molecule has 7 heteroatoms. The van der Waals surface area contributed by atoms with Crippen molar-refractivity contribution >= 4 is 33.3 Å². The third-order valence-electron chi connectivity index (χ3n) is 3.77. The van der Waals surface area contributed by atoms with E-state index in [9.17, 15) is 8.42 Å². The Hall–Kier alpha value is -2.05. The van der Waals surface area contributed by atoms with Gasteiger partial charge in [0.05, 0.1) is 11.4 Å².